The van der Waals surface area contributed by atoms with Crippen LogP contribution >= 0.6 is 12.1 Å². The Hall–Kier alpha value is -1.24. The third-order valence-corrected chi connectivity index (χ3v) is 7.05. The zero-order valence-corrected chi connectivity index (χ0v) is 15.5. The molecule has 1 aromatic carbocycles. The van der Waals surface area contributed by atoms with Gasteiger partial charge in [-0.2, -0.15) is 0 Å². The van der Waals surface area contributed by atoms with Gasteiger partial charge in [-0.1, -0.05) is 6.07 Å². The van der Waals surface area contributed by atoms with E-state index in [1.54, 1.807) is 0 Å². The minimum atomic E-state index is -0.0770. The van der Waals surface area contributed by atoms with Gasteiger partial charge in [-0.25, -0.2) is 9.10 Å². The maximum absolute atomic E-state index is 12.5. The molecule has 134 valence electrons. The highest BCUT2D eigenvalue weighted by Crippen LogP contribution is 2.38. The summed E-state index contributed by atoms with van der Waals surface area (Å²) < 4.78 is 5.22. The fraction of sp³-hybridized carbons (Fsp3) is 0.632. The van der Waals surface area contributed by atoms with Gasteiger partial charge in [0, 0.05) is 37.0 Å². The van der Waals surface area contributed by atoms with E-state index in [1.165, 1.54) is 79.6 Å². The number of carbonyl (C=O) groups excluding carboxylic acids is 1. The van der Waals surface area contributed by atoms with Crippen molar-refractivity contribution in [1.82, 2.24) is 13.9 Å². The van der Waals surface area contributed by atoms with E-state index >= 15 is 0 Å². The Bertz CT molecular complexity index is 665. The van der Waals surface area contributed by atoms with Crippen LogP contribution in [-0.2, 0) is 25.7 Å². The van der Waals surface area contributed by atoms with Crippen LogP contribution in [-0.4, -0.2) is 47.5 Å². The van der Waals surface area contributed by atoms with Gasteiger partial charge in [0.2, 0.25) is 0 Å². The summed E-state index contributed by atoms with van der Waals surface area (Å²) in [5.41, 5.74) is 6.83. The number of anilines is 1. The van der Waals surface area contributed by atoms with E-state index in [0.717, 1.165) is 31.6 Å². The molecule has 5 nitrogen and oxygen atoms in total. The van der Waals surface area contributed by atoms with Crippen molar-refractivity contribution in [1.29, 1.82) is 0 Å². The van der Waals surface area contributed by atoms with Crippen molar-refractivity contribution in [3.8, 4) is 0 Å². The lowest BCUT2D eigenvalue weighted by atomic mass is 9.99. The predicted octanol–water partition coefficient (Wildman–Crippen LogP) is 2.74. The Kier molecular flexibility index (Phi) is 4.14. The number of hydrogen-bond donors (Lipinski definition) is 2. The molecule has 0 radical (unpaired) electrons. The fourth-order valence-electron chi connectivity index (χ4n) is 4.64. The smallest absolute Gasteiger partial charge is 0.307 e. The number of nitrogens with zero attached hydrogens (tertiary/aromatic N) is 2. The van der Waals surface area contributed by atoms with Gasteiger partial charge in [0.25, 0.3) is 0 Å². The standard InChI is InChI=1S/C19H26N4OS/c24-19(21-25-23-11-15(12-23)22-8-3-9-22)20-18-16-6-1-4-13(16)10-14-5-2-7-17(14)18/h10,15H,1-9,11-12H2,(H2,20,21,24). The molecule has 2 N–H and O–H groups in total. The van der Waals surface area contributed by atoms with E-state index in [-0.39, 0.29) is 6.03 Å². The summed E-state index contributed by atoms with van der Waals surface area (Å²) in [5.74, 6) is 0. The van der Waals surface area contributed by atoms with E-state index in [0.29, 0.717) is 6.04 Å². The zero-order valence-electron chi connectivity index (χ0n) is 14.6. The molecule has 0 saturated carbocycles. The van der Waals surface area contributed by atoms with Gasteiger partial charge in [-0.05, 0) is 80.3 Å². The molecule has 0 bridgehead atoms. The number of amides is 2. The highest BCUT2D eigenvalue weighted by atomic mass is 32.2. The van der Waals surface area contributed by atoms with Crippen molar-refractivity contribution in [3.63, 3.8) is 0 Å². The zero-order chi connectivity index (χ0) is 16.8. The normalized spacial score (nSPS) is 22.9. The van der Waals surface area contributed by atoms with Crippen molar-refractivity contribution in [2.24, 2.45) is 0 Å². The number of fused-ring (bicyclic) bond motifs is 2. The molecule has 2 aliphatic carbocycles. The molecule has 0 spiro atoms. The number of rotatable bonds is 4. The van der Waals surface area contributed by atoms with Crippen LogP contribution in [0.15, 0.2) is 6.07 Å². The summed E-state index contributed by atoms with van der Waals surface area (Å²) in [4.78, 5) is 15.0. The lowest BCUT2D eigenvalue weighted by molar-refractivity contribution is 0.0454. The Morgan fingerprint density at radius 3 is 2.28 bits per heavy atom. The largest absolute Gasteiger partial charge is 0.330 e. The van der Waals surface area contributed by atoms with Crippen LogP contribution in [0.2, 0.25) is 0 Å². The Morgan fingerprint density at radius 1 is 1.00 bits per heavy atom. The Balaban J connectivity index is 1.19. The summed E-state index contributed by atoms with van der Waals surface area (Å²) in [7, 11) is 0. The van der Waals surface area contributed by atoms with Gasteiger partial charge < -0.3 is 5.32 Å². The van der Waals surface area contributed by atoms with Crippen LogP contribution in [0.4, 0.5) is 10.5 Å². The number of likely N-dealkylation sites (tertiary alicyclic amines) is 1. The number of nitrogens with one attached hydrogen (secondary N) is 2. The molecule has 0 aromatic heterocycles. The first-order valence-electron chi connectivity index (χ1n) is 9.67. The summed E-state index contributed by atoms with van der Waals surface area (Å²) in [6.07, 6.45) is 8.32. The Morgan fingerprint density at radius 2 is 1.68 bits per heavy atom. The first-order valence-corrected chi connectivity index (χ1v) is 10.4. The highest BCUT2D eigenvalue weighted by Gasteiger charge is 2.35. The number of aryl methyl sites for hydroxylation is 2. The number of hydrogen-bond acceptors (Lipinski definition) is 4. The SMILES string of the molecule is O=C(NSN1CC(N2CCC2)C1)Nc1c2c(cc3c1CCC3)CCC2. The monoisotopic (exact) mass is 358 g/mol. The maximum atomic E-state index is 12.5. The van der Waals surface area contributed by atoms with Gasteiger partial charge in [-0.3, -0.25) is 9.62 Å². The topological polar surface area (TPSA) is 47.6 Å². The van der Waals surface area contributed by atoms with E-state index in [1.807, 2.05) is 0 Å². The molecule has 0 atom stereocenters. The minimum absolute atomic E-state index is 0.0770. The van der Waals surface area contributed by atoms with Gasteiger partial charge in [-0.15, -0.1) is 0 Å². The summed E-state index contributed by atoms with van der Waals surface area (Å²) in [5, 5.41) is 3.19. The van der Waals surface area contributed by atoms with Gasteiger partial charge in [0.1, 0.15) is 0 Å². The average molecular weight is 359 g/mol. The fourth-order valence-corrected chi connectivity index (χ4v) is 5.40. The van der Waals surface area contributed by atoms with Crippen LogP contribution in [0.3, 0.4) is 0 Å². The van der Waals surface area contributed by atoms with E-state index in [4.69, 9.17) is 0 Å². The maximum Gasteiger partial charge on any atom is 0.330 e. The minimum Gasteiger partial charge on any atom is -0.307 e. The van der Waals surface area contributed by atoms with Crippen molar-refractivity contribution in [3.05, 3.63) is 28.3 Å². The summed E-state index contributed by atoms with van der Waals surface area (Å²) >= 11 is 1.46. The summed E-state index contributed by atoms with van der Waals surface area (Å²) in [6.45, 7) is 4.62. The van der Waals surface area contributed by atoms with E-state index in [2.05, 4.69) is 25.3 Å². The molecule has 25 heavy (non-hydrogen) atoms. The molecule has 4 aliphatic rings. The lowest BCUT2D eigenvalue weighted by Gasteiger charge is -2.47. The van der Waals surface area contributed by atoms with Crippen molar-refractivity contribution in [2.75, 3.05) is 31.5 Å². The number of urea groups is 1. The van der Waals surface area contributed by atoms with Crippen LogP contribution in [0.5, 0.6) is 0 Å². The van der Waals surface area contributed by atoms with Crippen LogP contribution < -0.4 is 10.0 Å². The third-order valence-electron chi connectivity index (χ3n) is 6.21. The molecule has 2 heterocycles. The number of benzene rings is 1. The van der Waals surface area contributed by atoms with Crippen molar-refractivity contribution < 1.29 is 4.79 Å². The molecule has 0 unspecified atom stereocenters. The first kappa shape index (κ1) is 16.0. The second-order valence-electron chi connectivity index (χ2n) is 7.77. The molecule has 5 rings (SSSR count). The lowest BCUT2D eigenvalue weighted by Crippen LogP contribution is -2.61. The average Bonchev–Trinajstić information content (AvgIpc) is 3.15. The highest BCUT2D eigenvalue weighted by molar-refractivity contribution is 7.95. The van der Waals surface area contributed by atoms with Gasteiger partial charge >= 0.3 is 6.03 Å². The molecule has 1 aromatic rings. The third kappa shape index (κ3) is 2.94. The molecule has 2 amide bonds. The Labute approximate surface area is 153 Å². The van der Waals surface area contributed by atoms with Crippen molar-refractivity contribution >= 4 is 23.9 Å². The van der Waals surface area contributed by atoms with E-state index < -0.39 is 0 Å². The first-order chi connectivity index (χ1) is 12.3. The number of carbonyl (C=O) groups is 1. The quantitative estimate of drug-likeness (QED) is 0.813. The van der Waals surface area contributed by atoms with Gasteiger partial charge in [0.15, 0.2) is 0 Å². The summed E-state index contributed by atoms with van der Waals surface area (Å²) in [6, 6.07) is 3.02. The molecular weight excluding hydrogens is 332 g/mol. The molecule has 6 heteroatoms. The van der Waals surface area contributed by atoms with Crippen LogP contribution in [0.25, 0.3) is 0 Å². The molecular formula is C19H26N4OS. The molecule has 2 fully saturated rings. The van der Waals surface area contributed by atoms with Crippen molar-refractivity contribution in [2.45, 2.75) is 51.0 Å². The predicted molar refractivity (Wildman–Crippen MR) is 102 cm³/mol. The van der Waals surface area contributed by atoms with Crippen LogP contribution in [0.1, 0.15) is 41.5 Å². The van der Waals surface area contributed by atoms with Gasteiger partial charge in [0.05, 0.1) is 0 Å². The van der Waals surface area contributed by atoms with Crippen LogP contribution in [0, 0.1) is 0 Å². The van der Waals surface area contributed by atoms with E-state index in [9.17, 15) is 4.79 Å². The second-order valence-corrected chi connectivity index (χ2v) is 8.67. The molecule has 2 aliphatic heterocycles. The second kappa shape index (κ2) is 6.49. The molecule has 2 saturated heterocycles.